The number of hydrogen-bond acceptors (Lipinski definition) is 2. The molecule has 0 heterocycles. The van der Waals surface area contributed by atoms with E-state index in [1.54, 1.807) is 0 Å². The summed E-state index contributed by atoms with van der Waals surface area (Å²) >= 11 is 0. The number of carbonyl (C=O) groups excluding carboxylic acids is 1. The summed E-state index contributed by atoms with van der Waals surface area (Å²) in [6.45, 7) is 12.6. The molecule has 1 atom stereocenters. The average Bonchev–Trinajstić information content (AvgIpc) is 2.24. The van der Waals surface area contributed by atoms with E-state index in [9.17, 15) is 4.79 Å². The topological polar surface area (TPSA) is 26.3 Å². The zero-order valence-corrected chi connectivity index (χ0v) is 12.5. The van der Waals surface area contributed by atoms with Gasteiger partial charge in [-0.25, -0.2) is 0 Å². The second kappa shape index (κ2) is 8.54. The number of ether oxygens (including phenoxy) is 1. The van der Waals surface area contributed by atoms with Crippen LogP contribution in [0, 0.1) is 17.8 Å². The van der Waals surface area contributed by atoms with Gasteiger partial charge >= 0.3 is 5.97 Å². The van der Waals surface area contributed by atoms with Gasteiger partial charge < -0.3 is 4.74 Å². The molecule has 0 spiro atoms. The van der Waals surface area contributed by atoms with Gasteiger partial charge in [0.15, 0.2) is 0 Å². The molecule has 0 aliphatic rings. The molecular weight excluding hydrogens is 212 g/mol. The molecule has 0 N–H and O–H groups in total. The van der Waals surface area contributed by atoms with Crippen LogP contribution in [0.2, 0.25) is 0 Å². The first-order valence-corrected chi connectivity index (χ1v) is 7.10. The number of carbonyl (C=O) groups is 1. The standard InChI is InChI=1S/C15H30O2/c1-7-8-9-10-13(6)15(16)17-14(11(2)3)12(4)5/h11-14H,7-10H2,1-6H3. The largest absolute Gasteiger partial charge is 0.462 e. The van der Waals surface area contributed by atoms with Gasteiger partial charge in [-0.15, -0.1) is 0 Å². The summed E-state index contributed by atoms with van der Waals surface area (Å²) in [6, 6.07) is 0. The molecule has 17 heavy (non-hydrogen) atoms. The maximum absolute atomic E-state index is 11.9. The Labute approximate surface area is 107 Å². The molecule has 0 aliphatic carbocycles. The maximum atomic E-state index is 11.9. The summed E-state index contributed by atoms with van der Waals surface area (Å²) < 4.78 is 5.63. The van der Waals surface area contributed by atoms with Crippen LogP contribution in [-0.4, -0.2) is 12.1 Å². The molecule has 0 fully saturated rings. The minimum Gasteiger partial charge on any atom is -0.462 e. The summed E-state index contributed by atoms with van der Waals surface area (Å²) in [5, 5.41) is 0. The van der Waals surface area contributed by atoms with Crippen LogP contribution >= 0.6 is 0 Å². The van der Waals surface area contributed by atoms with Crippen molar-refractivity contribution in [3.8, 4) is 0 Å². The molecule has 0 amide bonds. The van der Waals surface area contributed by atoms with Gasteiger partial charge in [-0.3, -0.25) is 4.79 Å². The average molecular weight is 242 g/mol. The van der Waals surface area contributed by atoms with E-state index >= 15 is 0 Å². The van der Waals surface area contributed by atoms with E-state index in [2.05, 4.69) is 34.6 Å². The third-order valence-corrected chi connectivity index (χ3v) is 3.21. The Bertz CT molecular complexity index is 201. The lowest BCUT2D eigenvalue weighted by Gasteiger charge is -2.26. The van der Waals surface area contributed by atoms with Crippen molar-refractivity contribution >= 4 is 5.97 Å². The predicted molar refractivity (Wildman–Crippen MR) is 72.9 cm³/mol. The summed E-state index contributed by atoms with van der Waals surface area (Å²) in [5.74, 6) is 0.804. The van der Waals surface area contributed by atoms with E-state index in [4.69, 9.17) is 4.74 Å². The van der Waals surface area contributed by atoms with Gasteiger partial charge in [0, 0.05) is 0 Å². The molecule has 2 nitrogen and oxygen atoms in total. The van der Waals surface area contributed by atoms with Gasteiger partial charge in [0.25, 0.3) is 0 Å². The number of unbranched alkanes of at least 4 members (excludes halogenated alkanes) is 2. The zero-order chi connectivity index (χ0) is 13.4. The molecule has 0 radical (unpaired) electrons. The van der Waals surface area contributed by atoms with Crippen molar-refractivity contribution in [3.63, 3.8) is 0 Å². The second-order valence-corrected chi connectivity index (χ2v) is 5.79. The quantitative estimate of drug-likeness (QED) is 0.465. The second-order valence-electron chi connectivity index (χ2n) is 5.79. The Hall–Kier alpha value is -0.530. The minimum atomic E-state index is -0.0199. The highest BCUT2D eigenvalue weighted by atomic mass is 16.5. The highest BCUT2D eigenvalue weighted by molar-refractivity contribution is 5.72. The molecule has 0 bridgehead atoms. The van der Waals surface area contributed by atoms with Crippen molar-refractivity contribution in [1.82, 2.24) is 0 Å². The van der Waals surface area contributed by atoms with Crippen LogP contribution in [0.3, 0.4) is 0 Å². The molecule has 0 saturated carbocycles. The first-order valence-electron chi connectivity index (χ1n) is 7.10. The number of esters is 1. The summed E-state index contributed by atoms with van der Waals surface area (Å²) in [6.07, 6.45) is 4.53. The third kappa shape index (κ3) is 6.70. The van der Waals surface area contributed by atoms with Crippen molar-refractivity contribution in [1.29, 1.82) is 0 Å². The van der Waals surface area contributed by atoms with E-state index < -0.39 is 0 Å². The first-order chi connectivity index (χ1) is 7.90. The van der Waals surface area contributed by atoms with Gasteiger partial charge in [-0.05, 0) is 18.3 Å². The molecule has 2 heteroatoms. The van der Waals surface area contributed by atoms with Gasteiger partial charge in [0.1, 0.15) is 6.10 Å². The molecule has 1 unspecified atom stereocenters. The van der Waals surface area contributed by atoms with Crippen molar-refractivity contribution in [2.45, 2.75) is 73.3 Å². The summed E-state index contributed by atoms with van der Waals surface area (Å²) in [4.78, 5) is 11.9. The predicted octanol–water partition coefficient (Wildman–Crippen LogP) is 4.43. The van der Waals surface area contributed by atoms with Crippen molar-refractivity contribution in [2.24, 2.45) is 17.8 Å². The van der Waals surface area contributed by atoms with Gasteiger partial charge in [-0.2, -0.15) is 0 Å². The lowest BCUT2D eigenvalue weighted by Crippen LogP contribution is -2.31. The fourth-order valence-electron chi connectivity index (χ4n) is 2.11. The van der Waals surface area contributed by atoms with Crippen molar-refractivity contribution in [2.75, 3.05) is 0 Å². The van der Waals surface area contributed by atoms with Gasteiger partial charge in [0.2, 0.25) is 0 Å². The molecule has 102 valence electrons. The third-order valence-electron chi connectivity index (χ3n) is 3.21. The smallest absolute Gasteiger partial charge is 0.308 e. The molecular formula is C15H30O2. The molecule has 0 aromatic heterocycles. The lowest BCUT2D eigenvalue weighted by atomic mass is 9.96. The molecule has 0 aliphatic heterocycles. The van der Waals surface area contributed by atoms with Gasteiger partial charge in [0.05, 0.1) is 5.92 Å². The van der Waals surface area contributed by atoms with E-state index in [1.165, 1.54) is 12.8 Å². The Morgan fingerprint density at radius 1 is 1.00 bits per heavy atom. The zero-order valence-electron chi connectivity index (χ0n) is 12.5. The first kappa shape index (κ1) is 16.5. The summed E-state index contributed by atoms with van der Waals surface area (Å²) in [5.41, 5.74) is 0. The van der Waals surface area contributed by atoms with Crippen LogP contribution in [0.25, 0.3) is 0 Å². The maximum Gasteiger partial charge on any atom is 0.308 e. The van der Waals surface area contributed by atoms with Crippen LogP contribution in [0.1, 0.15) is 67.2 Å². The molecule has 0 aromatic rings. The van der Waals surface area contributed by atoms with Crippen LogP contribution in [-0.2, 0) is 9.53 Å². The number of hydrogen-bond donors (Lipinski definition) is 0. The number of rotatable bonds is 8. The minimum absolute atomic E-state index is 0.0199. The highest BCUT2D eigenvalue weighted by Gasteiger charge is 2.24. The molecule has 0 rings (SSSR count). The van der Waals surface area contributed by atoms with E-state index in [0.29, 0.717) is 11.8 Å². The fraction of sp³-hybridized carbons (Fsp3) is 0.933. The summed E-state index contributed by atoms with van der Waals surface area (Å²) in [7, 11) is 0. The van der Waals surface area contributed by atoms with Gasteiger partial charge in [-0.1, -0.05) is 60.8 Å². The molecule has 0 aromatic carbocycles. The van der Waals surface area contributed by atoms with E-state index in [-0.39, 0.29) is 18.0 Å². The van der Waals surface area contributed by atoms with E-state index in [0.717, 1.165) is 12.8 Å². The SMILES string of the molecule is CCCCCC(C)C(=O)OC(C(C)C)C(C)C. The fourth-order valence-corrected chi connectivity index (χ4v) is 2.11. The Morgan fingerprint density at radius 3 is 1.94 bits per heavy atom. The van der Waals surface area contributed by atoms with Crippen LogP contribution in [0.5, 0.6) is 0 Å². The van der Waals surface area contributed by atoms with Crippen molar-refractivity contribution < 1.29 is 9.53 Å². The van der Waals surface area contributed by atoms with Crippen molar-refractivity contribution in [3.05, 3.63) is 0 Å². The van der Waals surface area contributed by atoms with E-state index in [1.807, 2.05) is 6.92 Å². The monoisotopic (exact) mass is 242 g/mol. The lowest BCUT2D eigenvalue weighted by molar-refractivity contribution is -0.158. The Balaban J connectivity index is 4.12. The van der Waals surface area contributed by atoms with Crippen LogP contribution < -0.4 is 0 Å². The molecule has 0 saturated heterocycles. The van der Waals surface area contributed by atoms with Crippen LogP contribution in [0.4, 0.5) is 0 Å². The normalized spacial score (nSPS) is 13.5. The Kier molecular flexibility index (Phi) is 8.28. The highest BCUT2D eigenvalue weighted by Crippen LogP contribution is 2.19. The Morgan fingerprint density at radius 2 is 1.53 bits per heavy atom. The van der Waals surface area contributed by atoms with Crippen LogP contribution in [0.15, 0.2) is 0 Å².